The van der Waals surface area contributed by atoms with E-state index >= 15 is 0 Å². The maximum atomic E-state index is 11.1. The Bertz CT molecular complexity index is 640. The number of nitrogens with zero attached hydrogens (tertiary/aromatic N) is 2. The van der Waals surface area contributed by atoms with Crippen molar-refractivity contribution in [2.24, 2.45) is 0 Å². The third-order valence-electron chi connectivity index (χ3n) is 3.05. The van der Waals surface area contributed by atoms with Gasteiger partial charge in [-0.15, -0.1) is 11.3 Å². The van der Waals surface area contributed by atoms with E-state index in [0.717, 1.165) is 22.8 Å². The first-order valence-electron chi connectivity index (χ1n) is 6.49. The molecule has 112 valence electrons. The number of methoxy groups -OCH3 is 1. The SMILES string of the molecule is COc1cc(CN(C)Cc2csc(C)n2)ccc1C(=O)O. The number of carboxylic acid groups (broad SMARTS) is 1. The van der Waals surface area contributed by atoms with E-state index in [9.17, 15) is 4.79 Å². The Morgan fingerprint density at radius 3 is 2.76 bits per heavy atom. The molecule has 0 atom stereocenters. The van der Waals surface area contributed by atoms with Gasteiger partial charge in [-0.2, -0.15) is 0 Å². The molecule has 0 unspecified atom stereocenters. The monoisotopic (exact) mass is 306 g/mol. The molecule has 21 heavy (non-hydrogen) atoms. The van der Waals surface area contributed by atoms with Crippen LogP contribution >= 0.6 is 11.3 Å². The van der Waals surface area contributed by atoms with Crippen molar-refractivity contribution in [3.63, 3.8) is 0 Å². The van der Waals surface area contributed by atoms with E-state index in [-0.39, 0.29) is 5.56 Å². The van der Waals surface area contributed by atoms with Crippen molar-refractivity contribution in [3.05, 3.63) is 45.4 Å². The molecule has 0 spiro atoms. The molecule has 5 nitrogen and oxygen atoms in total. The molecular weight excluding hydrogens is 288 g/mol. The first kappa shape index (κ1) is 15.5. The number of ether oxygens (including phenoxy) is 1. The maximum Gasteiger partial charge on any atom is 0.339 e. The predicted octanol–water partition coefficient (Wildman–Crippen LogP) is 2.79. The summed E-state index contributed by atoms with van der Waals surface area (Å²) in [5, 5.41) is 12.2. The second-order valence-corrected chi connectivity index (χ2v) is 5.93. The van der Waals surface area contributed by atoms with Crippen LogP contribution in [-0.4, -0.2) is 35.1 Å². The summed E-state index contributed by atoms with van der Waals surface area (Å²) >= 11 is 1.64. The van der Waals surface area contributed by atoms with Gasteiger partial charge in [-0.25, -0.2) is 9.78 Å². The van der Waals surface area contributed by atoms with E-state index in [2.05, 4.69) is 15.3 Å². The summed E-state index contributed by atoms with van der Waals surface area (Å²) in [6, 6.07) is 5.17. The Morgan fingerprint density at radius 2 is 2.19 bits per heavy atom. The smallest absolute Gasteiger partial charge is 0.339 e. The molecule has 2 rings (SSSR count). The molecule has 0 amide bonds. The summed E-state index contributed by atoms with van der Waals surface area (Å²) in [7, 11) is 3.49. The first-order valence-corrected chi connectivity index (χ1v) is 7.37. The zero-order chi connectivity index (χ0) is 15.4. The number of aryl methyl sites for hydroxylation is 1. The highest BCUT2D eigenvalue weighted by molar-refractivity contribution is 7.09. The third-order valence-corrected chi connectivity index (χ3v) is 3.87. The van der Waals surface area contributed by atoms with Gasteiger partial charge in [0.2, 0.25) is 0 Å². The van der Waals surface area contributed by atoms with Gasteiger partial charge in [0.15, 0.2) is 0 Å². The van der Waals surface area contributed by atoms with Crippen LogP contribution in [0, 0.1) is 6.92 Å². The lowest BCUT2D eigenvalue weighted by molar-refractivity contribution is 0.0693. The molecule has 1 heterocycles. The largest absolute Gasteiger partial charge is 0.496 e. The lowest BCUT2D eigenvalue weighted by atomic mass is 10.1. The molecule has 1 aromatic heterocycles. The summed E-state index contributed by atoms with van der Waals surface area (Å²) in [5.74, 6) is -0.595. The zero-order valence-corrected chi connectivity index (χ0v) is 13.1. The fourth-order valence-electron chi connectivity index (χ4n) is 2.14. The number of carboxylic acids is 1. The molecule has 0 aliphatic rings. The van der Waals surface area contributed by atoms with Crippen LogP contribution in [0.2, 0.25) is 0 Å². The molecule has 0 radical (unpaired) electrons. The number of aromatic nitrogens is 1. The molecule has 2 aromatic rings. The second kappa shape index (κ2) is 6.69. The van der Waals surface area contributed by atoms with Crippen molar-refractivity contribution in [3.8, 4) is 5.75 Å². The normalized spacial score (nSPS) is 10.9. The maximum absolute atomic E-state index is 11.1. The lowest BCUT2D eigenvalue weighted by Crippen LogP contribution is -2.17. The van der Waals surface area contributed by atoms with Crippen LogP contribution in [0.3, 0.4) is 0 Å². The van der Waals surface area contributed by atoms with E-state index in [1.807, 2.05) is 20.0 Å². The van der Waals surface area contributed by atoms with Gasteiger partial charge in [-0.1, -0.05) is 6.07 Å². The van der Waals surface area contributed by atoms with Crippen molar-refractivity contribution in [1.29, 1.82) is 0 Å². The summed E-state index contributed by atoms with van der Waals surface area (Å²) in [4.78, 5) is 17.6. The van der Waals surface area contributed by atoms with E-state index in [1.165, 1.54) is 7.11 Å². The number of carbonyl (C=O) groups is 1. The average Bonchev–Trinajstić information content (AvgIpc) is 2.83. The topological polar surface area (TPSA) is 62.7 Å². The van der Waals surface area contributed by atoms with Gasteiger partial charge in [-0.05, 0) is 31.7 Å². The Balaban J connectivity index is 2.06. The number of aromatic carboxylic acids is 1. The van der Waals surface area contributed by atoms with Crippen LogP contribution in [0.5, 0.6) is 5.75 Å². The number of rotatable bonds is 6. The van der Waals surface area contributed by atoms with Gasteiger partial charge in [0, 0.05) is 18.5 Å². The number of hydrogen-bond donors (Lipinski definition) is 1. The van der Waals surface area contributed by atoms with Crippen molar-refractivity contribution >= 4 is 17.3 Å². The third kappa shape index (κ3) is 4.03. The van der Waals surface area contributed by atoms with E-state index in [1.54, 1.807) is 23.5 Å². The predicted molar refractivity (Wildman–Crippen MR) is 82.0 cm³/mol. The minimum Gasteiger partial charge on any atom is -0.496 e. The zero-order valence-electron chi connectivity index (χ0n) is 12.3. The molecule has 0 aliphatic heterocycles. The molecule has 6 heteroatoms. The Kier molecular flexibility index (Phi) is 4.93. The molecule has 1 N–H and O–H groups in total. The standard InChI is InChI=1S/C15H18N2O3S/c1-10-16-12(9-21-10)8-17(2)7-11-4-5-13(15(18)19)14(6-11)20-3/h4-6,9H,7-8H2,1-3H3,(H,18,19). The van der Waals surface area contributed by atoms with Gasteiger partial charge in [0.05, 0.1) is 17.8 Å². The molecule has 0 aliphatic carbocycles. The average molecular weight is 306 g/mol. The number of hydrogen-bond acceptors (Lipinski definition) is 5. The minimum absolute atomic E-state index is 0.180. The van der Waals surface area contributed by atoms with Gasteiger partial charge in [-0.3, -0.25) is 4.90 Å². The van der Waals surface area contributed by atoms with Gasteiger partial charge < -0.3 is 9.84 Å². The van der Waals surface area contributed by atoms with Gasteiger partial charge in [0.25, 0.3) is 0 Å². The van der Waals surface area contributed by atoms with Gasteiger partial charge >= 0.3 is 5.97 Å². The van der Waals surface area contributed by atoms with Crippen LogP contribution in [0.25, 0.3) is 0 Å². The van der Waals surface area contributed by atoms with Crippen molar-refractivity contribution < 1.29 is 14.6 Å². The Labute approximate surface area is 127 Å². The van der Waals surface area contributed by atoms with Crippen LogP contribution in [0.4, 0.5) is 0 Å². The molecular formula is C15H18N2O3S. The highest BCUT2D eigenvalue weighted by atomic mass is 32.1. The first-order chi connectivity index (χ1) is 9.99. The Hall–Kier alpha value is -1.92. The van der Waals surface area contributed by atoms with Gasteiger partial charge in [0.1, 0.15) is 11.3 Å². The molecule has 0 saturated carbocycles. The minimum atomic E-state index is -0.982. The number of benzene rings is 1. The number of thiazole rings is 1. The quantitative estimate of drug-likeness (QED) is 0.889. The second-order valence-electron chi connectivity index (χ2n) is 4.87. The summed E-state index contributed by atoms with van der Waals surface area (Å²) in [6.07, 6.45) is 0. The summed E-state index contributed by atoms with van der Waals surface area (Å²) in [5.41, 5.74) is 2.24. The lowest BCUT2D eigenvalue weighted by Gasteiger charge is -2.16. The molecule has 0 fully saturated rings. The highest BCUT2D eigenvalue weighted by Gasteiger charge is 2.12. The summed E-state index contributed by atoms with van der Waals surface area (Å²) in [6.45, 7) is 3.45. The fourth-order valence-corrected chi connectivity index (χ4v) is 2.74. The van der Waals surface area contributed by atoms with Crippen molar-refractivity contribution in [2.75, 3.05) is 14.2 Å². The molecule has 0 saturated heterocycles. The van der Waals surface area contributed by atoms with E-state index < -0.39 is 5.97 Å². The van der Waals surface area contributed by atoms with Crippen LogP contribution < -0.4 is 4.74 Å². The van der Waals surface area contributed by atoms with E-state index in [4.69, 9.17) is 9.84 Å². The van der Waals surface area contributed by atoms with Crippen molar-refractivity contribution in [1.82, 2.24) is 9.88 Å². The Morgan fingerprint density at radius 1 is 1.43 bits per heavy atom. The molecule has 0 bridgehead atoms. The van der Waals surface area contributed by atoms with Crippen LogP contribution in [0.1, 0.15) is 26.6 Å². The van der Waals surface area contributed by atoms with Crippen molar-refractivity contribution in [2.45, 2.75) is 20.0 Å². The molecule has 1 aromatic carbocycles. The van der Waals surface area contributed by atoms with Crippen LogP contribution in [-0.2, 0) is 13.1 Å². The summed E-state index contributed by atoms with van der Waals surface area (Å²) < 4.78 is 5.14. The van der Waals surface area contributed by atoms with Crippen LogP contribution in [0.15, 0.2) is 23.6 Å². The van der Waals surface area contributed by atoms with E-state index in [0.29, 0.717) is 12.3 Å². The fraction of sp³-hybridized carbons (Fsp3) is 0.333. The highest BCUT2D eigenvalue weighted by Crippen LogP contribution is 2.21.